The molecule has 1 heterocycles. The molecule has 2 rings (SSSR count). The number of nitrogens with one attached hydrogen (secondary N) is 1. The molecule has 0 aromatic heterocycles. The summed E-state index contributed by atoms with van der Waals surface area (Å²) in [6.45, 7) is 4.51. The van der Waals surface area contributed by atoms with E-state index in [4.69, 9.17) is 0 Å². The molecule has 0 bridgehead atoms. The highest BCUT2D eigenvalue weighted by Gasteiger charge is 2.28. The van der Waals surface area contributed by atoms with Crippen LogP contribution in [-0.2, 0) is 10.0 Å². The van der Waals surface area contributed by atoms with Gasteiger partial charge in [-0.1, -0.05) is 19.9 Å². The number of sulfonamides is 1. The number of hydrogen-bond donors (Lipinski definition) is 1. The molecule has 88 valence electrons. The molecular weight excluding hydrogens is 224 g/mol. The molecule has 1 aliphatic heterocycles. The van der Waals surface area contributed by atoms with Crippen molar-refractivity contribution in [2.75, 3.05) is 19.0 Å². The van der Waals surface area contributed by atoms with Crippen molar-refractivity contribution in [3.8, 4) is 0 Å². The molecule has 5 heteroatoms. The minimum absolute atomic E-state index is 0.330. The zero-order valence-electron chi connectivity index (χ0n) is 9.69. The summed E-state index contributed by atoms with van der Waals surface area (Å²) in [7, 11) is -1.72. The first-order valence-electron chi connectivity index (χ1n) is 5.27. The van der Waals surface area contributed by atoms with Crippen molar-refractivity contribution in [2.45, 2.75) is 24.7 Å². The minimum atomic E-state index is -3.29. The number of fused-ring (bicyclic) bond motifs is 1. The van der Waals surface area contributed by atoms with Gasteiger partial charge in [0, 0.05) is 7.05 Å². The van der Waals surface area contributed by atoms with Crippen LogP contribution in [0.25, 0.3) is 0 Å². The normalized spacial score (nSPS) is 19.2. The maximum Gasteiger partial charge on any atom is 0.246 e. The molecule has 0 atom stereocenters. The number of anilines is 1. The van der Waals surface area contributed by atoms with Gasteiger partial charge < -0.3 is 5.32 Å². The van der Waals surface area contributed by atoms with E-state index in [0.717, 1.165) is 5.56 Å². The quantitative estimate of drug-likeness (QED) is 0.814. The molecule has 0 amide bonds. The average molecular weight is 240 g/mol. The van der Waals surface area contributed by atoms with Crippen molar-refractivity contribution in [1.29, 1.82) is 0 Å². The van der Waals surface area contributed by atoms with Crippen molar-refractivity contribution in [3.63, 3.8) is 0 Å². The lowest BCUT2D eigenvalue weighted by Gasteiger charge is -2.26. The van der Waals surface area contributed by atoms with Crippen LogP contribution in [0, 0.1) is 0 Å². The van der Waals surface area contributed by atoms with E-state index in [-0.39, 0.29) is 0 Å². The van der Waals surface area contributed by atoms with Crippen LogP contribution in [-0.4, -0.2) is 26.4 Å². The van der Waals surface area contributed by atoms with E-state index in [0.29, 0.717) is 23.2 Å². The maximum atomic E-state index is 12.0. The van der Waals surface area contributed by atoms with Crippen LogP contribution in [0.3, 0.4) is 0 Å². The van der Waals surface area contributed by atoms with Crippen LogP contribution in [0.4, 0.5) is 5.69 Å². The topological polar surface area (TPSA) is 49.4 Å². The van der Waals surface area contributed by atoms with Gasteiger partial charge in [-0.2, -0.15) is 4.31 Å². The highest BCUT2D eigenvalue weighted by molar-refractivity contribution is 7.89. The summed E-state index contributed by atoms with van der Waals surface area (Å²) in [6.07, 6.45) is 0. The van der Waals surface area contributed by atoms with Crippen molar-refractivity contribution < 1.29 is 8.42 Å². The fraction of sp³-hybridized carbons (Fsp3) is 0.455. The molecule has 0 radical (unpaired) electrons. The molecule has 0 saturated heterocycles. The van der Waals surface area contributed by atoms with Crippen molar-refractivity contribution in [1.82, 2.24) is 4.31 Å². The second-order valence-corrected chi connectivity index (χ2v) is 6.36. The third-order valence-corrected chi connectivity index (χ3v) is 4.71. The molecule has 1 N–H and O–H groups in total. The second kappa shape index (κ2) is 3.75. The van der Waals surface area contributed by atoms with Crippen LogP contribution in [0.2, 0.25) is 0 Å². The zero-order valence-corrected chi connectivity index (χ0v) is 10.5. The van der Waals surface area contributed by atoms with Crippen molar-refractivity contribution in [3.05, 3.63) is 23.8 Å². The van der Waals surface area contributed by atoms with E-state index in [1.54, 1.807) is 13.1 Å². The standard InChI is InChI=1S/C11H16N2O2S/c1-8(2)9-4-5-11-10(6-9)12-7-13(3)16(11,14)15/h4-6,8,12H,7H2,1-3H3. The molecule has 0 saturated carbocycles. The lowest BCUT2D eigenvalue weighted by atomic mass is 10.0. The summed E-state index contributed by atoms with van der Waals surface area (Å²) in [4.78, 5) is 0.366. The predicted octanol–water partition coefficient (Wildman–Crippen LogP) is 1.81. The zero-order chi connectivity index (χ0) is 11.9. The minimum Gasteiger partial charge on any atom is -0.370 e. The summed E-state index contributed by atoms with van der Waals surface area (Å²) in [5.74, 6) is 0.398. The summed E-state index contributed by atoms with van der Waals surface area (Å²) in [5, 5.41) is 3.11. The maximum absolute atomic E-state index is 12.0. The summed E-state index contributed by atoms with van der Waals surface area (Å²) in [5.41, 5.74) is 1.86. The monoisotopic (exact) mass is 240 g/mol. The Kier molecular flexibility index (Phi) is 2.67. The van der Waals surface area contributed by atoms with Crippen LogP contribution in [0.5, 0.6) is 0 Å². The van der Waals surface area contributed by atoms with Gasteiger partial charge in [0.1, 0.15) is 4.90 Å². The Balaban J connectivity index is 2.56. The van der Waals surface area contributed by atoms with Crippen molar-refractivity contribution in [2.24, 2.45) is 0 Å². The van der Waals surface area contributed by atoms with Gasteiger partial charge in [0.15, 0.2) is 0 Å². The number of nitrogens with zero attached hydrogens (tertiary/aromatic N) is 1. The molecule has 0 aliphatic carbocycles. The lowest BCUT2D eigenvalue weighted by Crippen LogP contribution is -2.36. The Bertz CT molecular complexity index is 509. The van der Waals surface area contributed by atoms with Gasteiger partial charge in [-0.15, -0.1) is 0 Å². The first-order valence-corrected chi connectivity index (χ1v) is 6.71. The van der Waals surface area contributed by atoms with Gasteiger partial charge in [0.2, 0.25) is 10.0 Å². The van der Waals surface area contributed by atoms with Gasteiger partial charge in [0.05, 0.1) is 12.4 Å². The largest absolute Gasteiger partial charge is 0.370 e. The summed E-state index contributed by atoms with van der Waals surface area (Å²) in [6, 6.07) is 5.48. The Hall–Kier alpha value is -1.07. The Morgan fingerprint density at radius 2 is 2.06 bits per heavy atom. The molecule has 0 spiro atoms. The van der Waals surface area contributed by atoms with E-state index in [9.17, 15) is 8.42 Å². The summed E-state index contributed by atoms with van der Waals surface area (Å²) >= 11 is 0. The molecular formula is C11H16N2O2S. The first-order chi connectivity index (χ1) is 7.43. The van der Waals surface area contributed by atoms with Crippen LogP contribution in [0.1, 0.15) is 25.3 Å². The number of benzene rings is 1. The van der Waals surface area contributed by atoms with Gasteiger partial charge >= 0.3 is 0 Å². The molecule has 0 unspecified atom stereocenters. The van der Waals surface area contributed by atoms with Crippen LogP contribution in [0.15, 0.2) is 23.1 Å². The van der Waals surface area contributed by atoms with Gasteiger partial charge in [-0.3, -0.25) is 0 Å². The SMILES string of the molecule is CC(C)c1ccc2c(c1)NCN(C)S2(=O)=O. The Morgan fingerprint density at radius 3 is 2.69 bits per heavy atom. The Labute approximate surface area is 96.3 Å². The highest BCUT2D eigenvalue weighted by Crippen LogP contribution is 2.30. The molecule has 4 nitrogen and oxygen atoms in total. The smallest absolute Gasteiger partial charge is 0.246 e. The van der Waals surface area contributed by atoms with E-state index in [1.165, 1.54) is 4.31 Å². The second-order valence-electron chi connectivity index (χ2n) is 4.35. The van der Waals surface area contributed by atoms with Crippen LogP contribution < -0.4 is 5.32 Å². The van der Waals surface area contributed by atoms with E-state index < -0.39 is 10.0 Å². The highest BCUT2D eigenvalue weighted by atomic mass is 32.2. The molecule has 1 aromatic carbocycles. The van der Waals surface area contributed by atoms with Gasteiger partial charge in [-0.05, 0) is 23.6 Å². The number of hydrogen-bond acceptors (Lipinski definition) is 3. The van der Waals surface area contributed by atoms with Gasteiger partial charge in [-0.25, -0.2) is 8.42 Å². The van der Waals surface area contributed by atoms with E-state index in [2.05, 4.69) is 19.2 Å². The fourth-order valence-electron chi connectivity index (χ4n) is 1.72. The molecule has 0 fully saturated rings. The molecule has 16 heavy (non-hydrogen) atoms. The Morgan fingerprint density at radius 1 is 1.38 bits per heavy atom. The third kappa shape index (κ3) is 1.70. The third-order valence-electron chi connectivity index (χ3n) is 2.85. The van der Waals surface area contributed by atoms with E-state index in [1.807, 2.05) is 12.1 Å². The average Bonchev–Trinajstić information content (AvgIpc) is 2.23. The van der Waals surface area contributed by atoms with Gasteiger partial charge in [0.25, 0.3) is 0 Å². The van der Waals surface area contributed by atoms with Crippen LogP contribution >= 0.6 is 0 Å². The van der Waals surface area contributed by atoms with E-state index >= 15 is 0 Å². The summed E-state index contributed by atoms with van der Waals surface area (Å²) < 4.78 is 25.3. The molecule has 1 aromatic rings. The van der Waals surface area contributed by atoms with Crippen molar-refractivity contribution >= 4 is 15.7 Å². The fourth-order valence-corrected chi connectivity index (χ4v) is 2.94. The molecule has 1 aliphatic rings. The lowest BCUT2D eigenvalue weighted by molar-refractivity contribution is 0.482. The predicted molar refractivity (Wildman–Crippen MR) is 64.0 cm³/mol. The number of rotatable bonds is 1. The first kappa shape index (κ1) is 11.4.